The molecule has 0 spiro atoms. The standard InChI is InChI=1S/C27H20N/c1-4-12-21(13-5-1)25-20-24-18-10-11-19-28(24)27(23-16-8-3-9-17-23)26(25)22-14-6-2-7-15-22/h1-20H/q+1. The molecule has 0 bridgehead atoms. The molecule has 0 aliphatic rings. The smallest absolute Gasteiger partial charge is 0.159 e. The van der Waals surface area contributed by atoms with Crippen molar-refractivity contribution in [3.05, 3.63) is 121 Å². The number of rotatable bonds is 3. The van der Waals surface area contributed by atoms with Crippen LogP contribution in [0, 0.1) is 0 Å². The molecular weight excluding hydrogens is 338 g/mol. The van der Waals surface area contributed by atoms with Crippen LogP contribution in [0.1, 0.15) is 0 Å². The van der Waals surface area contributed by atoms with Gasteiger partial charge in [0.2, 0.25) is 11.2 Å². The molecule has 0 N–H and O–H groups in total. The van der Waals surface area contributed by atoms with Crippen LogP contribution in [-0.2, 0) is 0 Å². The molecule has 3 aromatic carbocycles. The van der Waals surface area contributed by atoms with Gasteiger partial charge in [0.1, 0.15) is 0 Å². The molecule has 0 saturated heterocycles. The van der Waals surface area contributed by atoms with Crippen LogP contribution in [0.15, 0.2) is 121 Å². The van der Waals surface area contributed by atoms with Crippen LogP contribution in [0.3, 0.4) is 0 Å². The maximum Gasteiger partial charge on any atom is 0.226 e. The number of hydrogen-bond acceptors (Lipinski definition) is 0. The number of nitrogens with zero attached hydrogens (tertiary/aromatic N) is 1. The van der Waals surface area contributed by atoms with E-state index in [-0.39, 0.29) is 0 Å². The first-order chi connectivity index (χ1) is 13.9. The predicted molar refractivity (Wildman–Crippen MR) is 116 cm³/mol. The second-order valence-electron chi connectivity index (χ2n) is 6.88. The number of pyridine rings is 2. The Hall–Kier alpha value is -3.71. The van der Waals surface area contributed by atoms with E-state index in [2.05, 4.69) is 126 Å². The molecule has 0 atom stereocenters. The van der Waals surface area contributed by atoms with Gasteiger partial charge in [-0.25, -0.2) is 0 Å². The van der Waals surface area contributed by atoms with E-state index in [0.717, 1.165) is 0 Å². The Morgan fingerprint density at radius 3 is 1.64 bits per heavy atom. The van der Waals surface area contributed by atoms with Crippen molar-refractivity contribution in [1.29, 1.82) is 0 Å². The highest BCUT2D eigenvalue weighted by atomic mass is 14.9. The largest absolute Gasteiger partial charge is 0.226 e. The summed E-state index contributed by atoms with van der Waals surface area (Å²) < 4.78 is 2.30. The predicted octanol–water partition coefficient (Wildman–Crippen LogP) is 6.43. The topological polar surface area (TPSA) is 4.10 Å². The van der Waals surface area contributed by atoms with Crippen LogP contribution in [0.25, 0.3) is 39.0 Å². The third-order valence-corrected chi connectivity index (χ3v) is 5.13. The number of hydrogen-bond donors (Lipinski definition) is 0. The Morgan fingerprint density at radius 1 is 0.464 bits per heavy atom. The molecule has 0 aliphatic heterocycles. The van der Waals surface area contributed by atoms with E-state index >= 15 is 0 Å². The van der Waals surface area contributed by atoms with E-state index in [1.165, 1.54) is 39.0 Å². The van der Waals surface area contributed by atoms with E-state index in [0.29, 0.717) is 0 Å². The van der Waals surface area contributed by atoms with Gasteiger partial charge in [-0.3, -0.25) is 0 Å². The lowest BCUT2D eigenvalue weighted by Gasteiger charge is -2.14. The summed E-state index contributed by atoms with van der Waals surface area (Å²) in [6, 6.07) is 40.7. The molecule has 1 nitrogen and oxygen atoms in total. The molecule has 0 aliphatic carbocycles. The second-order valence-corrected chi connectivity index (χ2v) is 6.88. The second kappa shape index (κ2) is 7.13. The van der Waals surface area contributed by atoms with Crippen LogP contribution in [0.5, 0.6) is 0 Å². The molecule has 132 valence electrons. The third kappa shape index (κ3) is 2.87. The summed E-state index contributed by atoms with van der Waals surface area (Å²) in [7, 11) is 0. The summed E-state index contributed by atoms with van der Waals surface area (Å²) in [5.41, 5.74) is 8.55. The lowest BCUT2D eigenvalue weighted by Crippen LogP contribution is -2.25. The minimum absolute atomic E-state index is 1.18. The zero-order valence-electron chi connectivity index (χ0n) is 15.5. The Labute approximate surface area is 165 Å². The summed E-state index contributed by atoms with van der Waals surface area (Å²) in [5.74, 6) is 0. The van der Waals surface area contributed by atoms with Crippen molar-refractivity contribution in [2.75, 3.05) is 0 Å². The van der Waals surface area contributed by atoms with Gasteiger partial charge in [-0.15, -0.1) is 0 Å². The van der Waals surface area contributed by atoms with Crippen LogP contribution < -0.4 is 4.40 Å². The molecule has 2 aromatic heterocycles. The molecular formula is C27H20N+. The molecule has 2 heterocycles. The van der Waals surface area contributed by atoms with Crippen LogP contribution in [0.2, 0.25) is 0 Å². The average Bonchev–Trinajstić information content (AvgIpc) is 2.79. The molecule has 0 fully saturated rings. The van der Waals surface area contributed by atoms with Gasteiger partial charge in [-0.2, -0.15) is 4.40 Å². The quantitative estimate of drug-likeness (QED) is 0.327. The molecule has 1 heteroatoms. The Morgan fingerprint density at radius 2 is 1.00 bits per heavy atom. The van der Waals surface area contributed by atoms with E-state index in [1.54, 1.807) is 0 Å². The fourth-order valence-corrected chi connectivity index (χ4v) is 3.87. The fraction of sp³-hybridized carbons (Fsp3) is 0. The Kier molecular flexibility index (Phi) is 4.19. The average molecular weight is 358 g/mol. The first-order valence-corrected chi connectivity index (χ1v) is 9.55. The van der Waals surface area contributed by atoms with Crippen molar-refractivity contribution in [2.24, 2.45) is 0 Å². The van der Waals surface area contributed by atoms with Crippen LogP contribution >= 0.6 is 0 Å². The lowest BCUT2D eigenvalue weighted by molar-refractivity contribution is -0.498. The normalized spacial score (nSPS) is 10.9. The van der Waals surface area contributed by atoms with Crippen LogP contribution in [-0.4, -0.2) is 0 Å². The highest BCUT2D eigenvalue weighted by Crippen LogP contribution is 2.38. The van der Waals surface area contributed by atoms with Gasteiger partial charge < -0.3 is 0 Å². The SMILES string of the molecule is c1ccc(-c2cc3cccc[n+]3c(-c3ccccc3)c2-c2ccccc2)cc1. The lowest BCUT2D eigenvalue weighted by atomic mass is 9.90. The molecule has 0 saturated carbocycles. The molecule has 28 heavy (non-hydrogen) atoms. The maximum absolute atomic E-state index is 2.30. The van der Waals surface area contributed by atoms with Crippen molar-refractivity contribution < 1.29 is 4.40 Å². The fourth-order valence-electron chi connectivity index (χ4n) is 3.87. The minimum Gasteiger partial charge on any atom is -0.159 e. The highest BCUT2D eigenvalue weighted by molar-refractivity contribution is 5.93. The van der Waals surface area contributed by atoms with Crippen molar-refractivity contribution in [1.82, 2.24) is 0 Å². The van der Waals surface area contributed by atoms with Crippen molar-refractivity contribution in [2.45, 2.75) is 0 Å². The van der Waals surface area contributed by atoms with Gasteiger partial charge in [0, 0.05) is 29.3 Å². The van der Waals surface area contributed by atoms with Gasteiger partial charge in [-0.05, 0) is 29.3 Å². The van der Waals surface area contributed by atoms with Gasteiger partial charge in [0.15, 0.2) is 6.20 Å². The minimum atomic E-state index is 1.18. The summed E-state index contributed by atoms with van der Waals surface area (Å²) >= 11 is 0. The van der Waals surface area contributed by atoms with Crippen molar-refractivity contribution >= 4 is 5.52 Å². The summed E-state index contributed by atoms with van der Waals surface area (Å²) in [6.07, 6.45) is 2.15. The number of aromatic nitrogens is 1. The van der Waals surface area contributed by atoms with Gasteiger partial charge >= 0.3 is 0 Å². The van der Waals surface area contributed by atoms with Crippen molar-refractivity contribution in [3.8, 4) is 33.5 Å². The number of fused-ring (bicyclic) bond motifs is 1. The van der Waals surface area contributed by atoms with Gasteiger partial charge in [-0.1, -0.05) is 78.9 Å². The Balaban J connectivity index is 1.97. The highest BCUT2D eigenvalue weighted by Gasteiger charge is 2.24. The molecule has 0 radical (unpaired) electrons. The zero-order chi connectivity index (χ0) is 18.8. The molecule has 5 aromatic rings. The first-order valence-electron chi connectivity index (χ1n) is 9.55. The Bertz CT molecular complexity index is 1230. The number of benzene rings is 3. The van der Waals surface area contributed by atoms with E-state index < -0.39 is 0 Å². The van der Waals surface area contributed by atoms with Gasteiger partial charge in [0.25, 0.3) is 0 Å². The summed E-state index contributed by atoms with van der Waals surface area (Å²) in [5, 5.41) is 0. The maximum atomic E-state index is 2.30. The van der Waals surface area contributed by atoms with Crippen molar-refractivity contribution in [3.63, 3.8) is 0 Å². The molecule has 0 unspecified atom stereocenters. The van der Waals surface area contributed by atoms with Crippen LogP contribution in [0.4, 0.5) is 0 Å². The van der Waals surface area contributed by atoms with Gasteiger partial charge in [0.05, 0.1) is 5.56 Å². The third-order valence-electron chi connectivity index (χ3n) is 5.13. The zero-order valence-corrected chi connectivity index (χ0v) is 15.5. The summed E-state index contributed by atoms with van der Waals surface area (Å²) in [4.78, 5) is 0. The first kappa shape index (κ1) is 16.5. The van der Waals surface area contributed by atoms with E-state index in [1.807, 2.05) is 0 Å². The monoisotopic (exact) mass is 358 g/mol. The summed E-state index contributed by atoms with van der Waals surface area (Å²) in [6.45, 7) is 0. The molecule has 5 rings (SSSR count). The van der Waals surface area contributed by atoms with E-state index in [4.69, 9.17) is 0 Å². The van der Waals surface area contributed by atoms with E-state index in [9.17, 15) is 0 Å². The molecule has 0 amide bonds.